The molecule has 0 aromatic heterocycles. The molecule has 0 spiro atoms. The van der Waals surface area contributed by atoms with E-state index in [4.69, 9.17) is 4.74 Å². The van der Waals surface area contributed by atoms with Gasteiger partial charge in [0.25, 0.3) is 0 Å². The van der Waals surface area contributed by atoms with Crippen LogP contribution in [0.15, 0.2) is 48.5 Å². The van der Waals surface area contributed by atoms with E-state index in [9.17, 15) is 13.9 Å². The Morgan fingerprint density at radius 2 is 1.67 bits per heavy atom. The minimum Gasteiger partial charge on any atom is -0.491 e. The number of rotatable bonds is 4. The van der Waals surface area contributed by atoms with Gasteiger partial charge in [0.2, 0.25) is 0 Å². The van der Waals surface area contributed by atoms with Crippen molar-refractivity contribution >= 4 is 0 Å². The Morgan fingerprint density at radius 1 is 1.00 bits per heavy atom. The monoisotopic (exact) mass is 250 g/mol. The fourth-order valence-electron chi connectivity index (χ4n) is 1.54. The molecule has 2 rings (SSSR count). The number of benzene rings is 2. The minimum absolute atomic E-state index is 0.0907. The smallest absolute Gasteiger partial charge is 0.129 e. The molecule has 0 fully saturated rings. The fraction of sp³-hybridized carbons (Fsp3) is 0.143. The Balaban J connectivity index is 1.98. The summed E-state index contributed by atoms with van der Waals surface area (Å²) in [4.78, 5) is 0. The van der Waals surface area contributed by atoms with Crippen LogP contribution in [0.5, 0.6) is 5.75 Å². The van der Waals surface area contributed by atoms with E-state index in [0.717, 1.165) is 0 Å². The van der Waals surface area contributed by atoms with Crippen molar-refractivity contribution in [2.45, 2.75) is 6.10 Å². The topological polar surface area (TPSA) is 29.5 Å². The Hall–Kier alpha value is -1.94. The lowest BCUT2D eigenvalue weighted by molar-refractivity contribution is 0.105. The summed E-state index contributed by atoms with van der Waals surface area (Å²) in [7, 11) is 0. The Kier molecular flexibility index (Phi) is 3.89. The summed E-state index contributed by atoms with van der Waals surface area (Å²) >= 11 is 0. The van der Waals surface area contributed by atoms with E-state index in [1.807, 2.05) is 0 Å². The van der Waals surface area contributed by atoms with Gasteiger partial charge in [0.1, 0.15) is 30.1 Å². The van der Waals surface area contributed by atoms with Crippen molar-refractivity contribution in [1.82, 2.24) is 0 Å². The molecule has 2 aromatic rings. The second-order valence-corrected chi connectivity index (χ2v) is 3.80. The van der Waals surface area contributed by atoms with Gasteiger partial charge in [-0.05, 0) is 30.3 Å². The maximum absolute atomic E-state index is 13.4. The predicted molar refractivity (Wildman–Crippen MR) is 63.3 cm³/mol. The summed E-state index contributed by atoms with van der Waals surface area (Å²) in [5.74, 6) is -0.420. The fourth-order valence-corrected chi connectivity index (χ4v) is 1.54. The summed E-state index contributed by atoms with van der Waals surface area (Å²) in [6, 6.07) is 11.4. The second-order valence-electron chi connectivity index (χ2n) is 3.80. The van der Waals surface area contributed by atoms with Gasteiger partial charge in [-0.25, -0.2) is 8.78 Å². The van der Waals surface area contributed by atoms with Gasteiger partial charge >= 0.3 is 0 Å². The highest BCUT2D eigenvalue weighted by Gasteiger charge is 2.12. The third-order valence-corrected chi connectivity index (χ3v) is 2.49. The van der Waals surface area contributed by atoms with E-state index in [0.29, 0.717) is 5.75 Å². The SMILES string of the molecule is OC(COc1ccc(F)cc1)c1ccccc1F. The molecule has 0 saturated carbocycles. The average molecular weight is 250 g/mol. The zero-order chi connectivity index (χ0) is 13.0. The van der Waals surface area contributed by atoms with Crippen LogP contribution in [0.4, 0.5) is 8.78 Å². The highest BCUT2D eigenvalue weighted by molar-refractivity contribution is 5.23. The molecule has 0 amide bonds. The minimum atomic E-state index is -1.06. The van der Waals surface area contributed by atoms with Crippen molar-refractivity contribution in [1.29, 1.82) is 0 Å². The van der Waals surface area contributed by atoms with Crippen LogP contribution in [-0.2, 0) is 0 Å². The molecule has 1 N–H and O–H groups in total. The molecule has 0 radical (unpaired) electrons. The molecule has 4 heteroatoms. The highest BCUT2D eigenvalue weighted by Crippen LogP contribution is 2.19. The molecule has 0 aliphatic heterocycles. The molecule has 18 heavy (non-hydrogen) atoms. The van der Waals surface area contributed by atoms with Crippen LogP contribution in [0.3, 0.4) is 0 Å². The third-order valence-electron chi connectivity index (χ3n) is 2.49. The van der Waals surface area contributed by atoms with Crippen molar-refractivity contribution < 1.29 is 18.6 Å². The van der Waals surface area contributed by atoms with Crippen LogP contribution in [0.25, 0.3) is 0 Å². The molecule has 0 aliphatic rings. The van der Waals surface area contributed by atoms with Gasteiger partial charge in [-0.1, -0.05) is 18.2 Å². The first kappa shape index (κ1) is 12.5. The van der Waals surface area contributed by atoms with Crippen molar-refractivity contribution in [2.75, 3.05) is 6.61 Å². The first-order valence-corrected chi connectivity index (χ1v) is 5.47. The molecule has 0 heterocycles. The van der Waals surface area contributed by atoms with E-state index in [1.165, 1.54) is 36.4 Å². The molecular weight excluding hydrogens is 238 g/mol. The number of hydrogen-bond donors (Lipinski definition) is 1. The molecule has 0 aliphatic carbocycles. The summed E-state index contributed by atoms with van der Waals surface area (Å²) in [6.45, 7) is -0.0907. The largest absolute Gasteiger partial charge is 0.491 e. The standard InChI is InChI=1S/C14H12F2O2/c15-10-5-7-11(8-6-10)18-9-14(17)12-3-1-2-4-13(12)16/h1-8,14,17H,9H2. The summed E-state index contributed by atoms with van der Waals surface area (Å²) in [5.41, 5.74) is 0.180. The number of aliphatic hydroxyl groups is 1. The van der Waals surface area contributed by atoms with Gasteiger partial charge < -0.3 is 9.84 Å². The van der Waals surface area contributed by atoms with Crippen LogP contribution >= 0.6 is 0 Å². The quantitative estimate of drug-likeness (QED) is 0.903. The van der Waals surface area contributed by atoms with E-state index in [1.54, 1.807) is 12.1 Å². The van der Waals surface area contributed by atoms with E-state index < -0.39 is 11.9 Å². The lowest BCUT2D eigenvalue weighted by atomic mass is 10.1. The number of halogens is 2. The van der Waals surface area contributed by atoms with Gasteiger partial charge in [-0.15, -0.1) is 0 Å². The number of hydrogen-bond acceptors (Lipinski definition) is 2. The van der Waals surface area contributed by atoms with Crippen LogP contribution in [0.1, 0.15) is 11.7 Å². The van der Waals surface area contributed by atoms with Crippen molar-refractivity contribution in [2.24, 2.45) is 0 Å². The van der Waals surface area contributed by atoms with Gasteiger partial charge in [0.15, 0.2) is 0 Å². The van der Waals surface area contributed by atoms with Gasteiger partial charge in [0, 0.05) is 5.56 Å². The van der Waals surface area contributed by atoms with Crippen LogP contribution in [-0.4, -0.2) is 11.7 Å². The highest BCUT2D eigenvalue weighted by atomic mass is 19.1. The number of aliphatic hydroxyl groups excluding tert-OH is 1. The lowest BCUT2D eigenvalue weighted by Gasteiger charge is -2.13. The van der Waals surface area contributed by atoms with Crippen LogP contribution < -0.4 is 4.74 Å². The average Bonchev–Trinajstić information content (AvgIpc) is 2.38. The molecule has 94 valence electrons. The lowest BCUT2D eigenvalue weighted by Crippen LogP contribution is -2.11. The Bertz CT molecular complexity index is 511. The molecular formula is C14H12F2O2. The van der Waals surface area contributed by atoms with Gasteiger partial charge in [-0.2, -0.15) is 0 Å². The first-order chi connectivity index (χ1) is 8.66. The van der Waals surface area contributed by atoms with Crippen LogP contribution in [0.2, 0.25) is 0 Å². The summed E-state index contributed by atoms with van der Waals surface area (Å²) in [6.07, 6.45) is -1.06. The van der Waals surface area contributed by atoms with Gasteiger partial charge in [-0.3, -0.25) is 0 Å². The zero-order valence-corrected chi connectivity index (χ0v) is 9.51. The maximum Gasteiger partial charge on any atom is 0.129 e. The molecule has 2 aromatic carbocycles. The van der Waals surface area contributed by atoms with E-state index in [-0.39, 0.29) is 18.0 Å². The molecule has 1 unspecified atom stereocenters. The van der Waals surface area contributed by atoms with E-state index >= 15 is 0 Å². The van der Waals surface area contributed by atoms with Crippen molar-refractivity contribution in [3.05, 3.63) is 65.7 Å². The first-order valence-electron chi connectivity index (χ1n) is 5.47. The van der Waals surface area contributed by atoms with Gasteiger partial charge in [0.05, 0.1) is 0 Å². The summed E-state index contributed by atoms with van der Waals surface area (Å²) < 4.78 is 31.3. The Morgan fingerprint density at radius 3 is 2.33 bits per heavy atom. The van der Waals surface area contributed by atoms with Crippen molar-refractivity contribution in [3.8, 4) is 5.75 Å². The molecule has 2 nitrogen and oxygen atoms in total. The third kappa shape index (κ3) is 3.05. The number of ether oxygens (including phenoxy) is 1. The molecule has 0 bridgehead atoms. The Labute approximate surface area is 103 Å². The second kappa shape index (κ2) is 5.60. The van der Waals surface area contributed by atoms with Crippen molar-refractivity contribution in [3.63, 3.8) is 0 Å². The molecule has 0 saturated heterocycles. The molecule has 1 atom stereocenters. The summed E-state index contributed by atoms with van der Waals surface area (Å²) in [5, 5.41) is 9.78. The predicted octanol–water partition coefficient (Wildman–Crippen LogP) is 3.08. The van der Waals surface area contributed by atoms with Crippen LogP contribution in [0, 0.1) is 11.6 Å². The van der Waals surface area contributed by atoms with E-state index in [2.05, 4.69) is 0 Å². The normalized spacial score (nSPS) is 12.2. The zero-order valence-electron chi connectivity index (χ0n) is 9.51. The maximum atomic E-state index is 13.4.